The molecule has 0 aromatic rings. The lowest BCUT2D eigenvalue weighted by molar-refractivity contribution is -0.232. The highest BCUT2D eigenvalue weighted by atomic mass is 16.5. The molecule has 33 heavy (non-hydrogen) atoms. The molecule has 9 atom stereocenters. The maximum absolute atomic E-state index is 12.0. The molecule has 0 unspecified atom stereocenters. The third kappa shape index (κ3) is 3.74. The first-order chi connectivity index (χ1) is 15.4. The predicted octanol–water partition coefficient (Wildman–Crippen LogP) is 4.40. The number of carbonyl (C=O) groups excluding carboxylic acids is 2. The number of aliphatic hydroxyl groups is 2. The van der Waals surface area contributed by atoms with Crippen LogP contribution in [-0.2, 0) is 19.1 Å². The maximum atomic E-state index is 12.0. The van der Waals surface area contributed by atoms with Crippen molar-refractivity contribution in [1.29, 1.82) is 0 Å². The van der Waals surface area contributed by atoms with Crippen LogP contribution in [-0.4, -0.2) is 46.6 Å². The quantitative estimate of drug-likeness (QED) is 0.586. The van der Waals surface area contributed by atoms with E-state index in [2.05, 4.69) is 20.8 Å². The second kappa shape index (κ2) is 8.51. The Morgan fingerprint density at radius 2 is 1.61 bits per heavy atom. The SMILES string of the molecule is COC(=O)CC[C@@H](C)[C@@]1(O)CC[C@H]2[C@@H]3CC[C@]4(O)C[C@H](OC(C)=O)CC[C@]4(C)[C@H]3CC[C@@]21C. The lowest BCUT2D eigenvalue weighted by atomic mass is 9.42. The van der Waals surface area contributed by atoms with E-state index >= 15 is 0 Å². The van der Waals surface area contributed by atoms with Crippen molar-refractivity contribution < 1.29 is 29.3 Å². The van der Waals surface area contributed by atoms with E-state index in [9.17, 15) is 19.8 Å². The van der Waals surface area contributed by atoms with Gasteiger partial charge in [0.25, 0.3) is 0 Å². The molecule has 2 N–H and O–H groups in total. The Morgan fingerprint density at radius 3 is 2.27 bits per heavy atom. The van der Waals surface area contributed by atoms with E-state index in [1.807, 2.05) is 0 Å². The summed E-state index contributed by atoms with van der Waals surface area (Å²) in [5.74, 6) is 0.938. The lowest BCUT2D eigenvalue weighted by Gasteiger charge is -2.64. The van der Waals surface area contributed by atoms with Crippen LogP contribution in [0.1, 0.15) is 98.3 Å². The van der Waals surface area contributed by atoms with Crippen molar-refractivity contribution in [1.82, 2.24) is 0 Å². The second-order valence-electron chi connectivity index (χ2n) is 12.3. The Hall–Kier alpha value is -1.14. The van der Waals surface area contributed by atoms with Crippen LogP contribution >= 0.6 is 0 Å². The summed E-state index contributed by atoms with van der Waals surface area (Å²) in [6.07, 6.45) is 8.54. The first-order valence-corrected chi connectivity index (χ1v) is 13.1. The van der Waals surface area contributed by atoms with Crippen LogP contribution in [0.15, 0.2) is 0 Å². The van der Waals surface area contributed by atoms with Crippen LogP contribution < -0.4 is 0 Å². The van der Waals surface area contributed by atoms with Crippen molar-refractivity contribution in [2.24, 2.45) is 34.5 Å². The van der Waals surface area contributed by atoms with Crippen LogP contribution in [0, 0.1) is 34.5 Å². The van der Waals surface area contributed by atoms with Gasteiger partial charge in [0.2, 0.25) is 0 Å². The Balaban J connectivity index is 1.53. The standard InChI is InChI=1S/C27H44O6/c1-17(6-7-23(29)32-5)27(31)15-11-22-20-9-14-26(30)16-19(33-18(2)28)8-12-24(26,3)21(20)10-13-25(22,27)4/h17,19-22,30-31H,6-16H2,1-5H3/t17-,19-,20-,21+,22+,24-,25+,26+,27+/m1/s1. The first kappa shape index (κ1) is 25.0. The van der Waals surface area contributed by atoms with Gasteiger partial charge in [-0.05, 0) is 92.3 Å². The number of ether oxygens (including phenoxy) is 2. The van der Waals surface area contributed by atoms with Crippen molar-refractivity contribution >= 4 is 11.9 Å². The number of hydrogen-bond donors (Lipinski definition) is 2. The van der Waals surface area contributed by atoms with E-state index in [0.29, 0.717) is 37.0 Å². The van der Waals surface area contributed by atoms with Crippen molar-refractivity contribution in [3.63, 3.8) is 0 Å². The van der Waals surface area contributed by atoms with Gasteiger partial charge < -0.3 is 19.7 Å². The summed E-state index contributed by atoms with van der Waals surface area (Å²) < 4.78 is 10.3. The van der Waals surface area contributed by atoms with E-state index in [1.54, 1.807) is 0 Å². The van der Waals surface area contributed by atoms with Crippen molar-refractivity contribution in [2.45, 2.75) is 116 Å². The Bertz CT molecular complexity index is 783. The van der Waals surface area contributed by atoms with Gasteiger partial charge in [-0.1, -0.05) is 20.8 Å². The molecule has 4 rings (SSSR count). The normalized spacial score (nSPS) is 47.6. The Labute approximate surface area is 198 Å². The largest absolute Gasteiger partial charge is 0.469 e. The number of fused-ring (bicyclic) bond motifs is 5. The summed E-state index contributed by atoms with van der Waals surface area (Å²) >= 11 is 0. The molecular weight excluding hydrogens is 420 g/mol. The van der Waals surface area contributed by atoms with Gasteiger partial charge in [0.15, 0.2) is 0 Å². The van der Waals surface area contributed by atoms with Gasteiger partial charge in [0.05, 0.1) is 18.3 Å². The highest BCUT2D eigenvalue weighted by molar-refractivity contribution is 5.69. The number of hydrogen-bond acceptors (Lipinski definition) is 6. The summed E-state index contributed by atoms with van der Waals surface area (Å²) in [7, 11) is 1.42. The second-order valence-corrected chi connectivity index (χ2v) is 12.3. The van der Waals surface area contributed by atoms with Gasteiger partial charge in [-0.15, -0.1) is 0 Å². The highest BCUT2D eigenvalue weighted by Gasteiger charge is 2.68. The van der Waals surface area contributed by atoms with Crippen LogP contribution in [0.3, 0.4) is 0 Å². The summed E-state index contributed by atoms with van der Waals surface area (Å²) in [6.45, 7) is 8.11. The maximum Gasteiger partial charge on any atom is 0.305 e. The third-order valence-electron chi connectivity index (χ3n) is 11.1. The minimum atomic E-state index is -0.789. The Morgan fingerprint density at radius 1 is 0.970 bits per heavy atom. The molecule has 0 spiro atoms. The zero-order valence-electron chi connectivity index (χ0n) is 21.2. The zero-order valence-corrected chi connectivity index (χ0v) is 21.2. The van der Waals surface area contributed by atoms with Crippen molar-refractivity contribution in [2.75, 3.05) is 7.11 Å². The van der Waals surface area contributed by atoms with E-state index in [-0.39, 0.29) is 34.8 Å². The minimum Gasteiger partial charge on any atom is -0.469 e. The number of esters is 2. The van der Waals surface area contributed by atoms with E-state index < -0.39 is 11.2 Å². The Kier molecular flexibility index (Phi) is 6.44. The molecule has 0 amide bonds. The average molecular weight is 465 g/mol. The van der Waals surface area contributed by atoms with Gasteiger partial charge >= 0.3 is 11.9 Å². The molecule has 0 aromatic heterocycles. The molecule has 4 aliphatic carbocycles. The fourth-order valence-corrected chi connectivity index (χ4v) is 9.08. The smallest absolute Gasteiger partial charge is 0.305 e. The lowest BCUT2D eigenvalue weighted by Crippen LogP contribution is -2.64. The highest BCUT2D eigenvalue weighted by Crippen LogP contribution is 2.70. The fourth-order valence-electron chi connectivity index (χ4n) is 9.08. The molecule has 6 heteroatoms. The number of carbonyl (C=O) groups is 2. The summed E-state index contributed by atoms with van der Waals surface area (Å²) in [6, 6.07) is 0. The van der Waals surface area contributed by atoms with Gasteiger partial charge in [0, 0.05) is 19.8 Å². The molecule has 188 valence electrons. The molecule has 0 bridgehead atoms. The molecule has 4 aliphatic rings. The minimum absolute atomic E-state index is 0.0402. The van der Waals surface area contributed by atoms with Crippen LogP contribution in [0.25, 0.3) is 0 Å². The monoisotopic (exact) mass is 464 g/mol. The van der Waals surface area contributed by atoms with Gasteiger partial charge in [0.1, 0.15) is 6.10 Å². The first-order valence-electron chi connectivity index (χ1n) is 13.1. The van der Waals surface area contributed by atoms with E-state index in [4.69, 9.17) is 9.47 Å². The van der Waals surface area contributed by atoms with Gasteiger partial charge in [-0.3, -0.25) is 9.59 Å². The summed E-state index contributed by atoms with van der Waals surface area (Å²) in [5, 5.41) is 23.8. The third-order valence-corrected chi connectivity index (χ3v) is 11.1. The van der Waals surface area contributed by atoms with Crippen molar-refractivity contribution in [3.8, 4) is 0 Å². The van der Waals surface area contributed by atoms with Gasteiger partial charge in [-0.2, -0.15) is 0 Å². The van der Waals surface area contributed by atoms with Crippen LogP contribution in [0.5, 0.6) is 0 Å². The topological polar surface area (TPSA) is 93.1 Å². The van der Waals surface area contributed by atoms with Crippen LogP contribution in [0.4, 0.5) is 0 Å². The molecule has 0 radical (unpaired) electrons. The molecule has 6 nitrogen and oxygen atoms in total. The number of rotatable bonds is 5. The molecule has 0 saturated heterocycles. The zero-order chi connectivity index (χ0) is 24.2. The number of methoxy groups -OCH3 is 1. The molecule has 0 aliphatic heterocycles. The average Bonchev–Trinajstić information content (AvgIpc) is 3.04. The summed E-state index contributed by atoms with van der Waals surface area (Å²) in [4.78, 5) is 23.2. The summed E-state index contributed by atoms with van der Waals surface area (Å²) in [5.41, 5.74) is -1.89. The molecule has 4 fully saturated rings. The van der Waals surface area contributed by atoms with E-state index in [0.717, 1.165) is 51.4 Å². The molecular formula is C27H44O6. The molecule has 0 aromatic carbocycles. The molecule has 0 heterocycles. The predicted molar refractivity (Wildman–Crippen MR) is 124 cm³/mol. The fraction of sp³-hybridized carbons (Fsp3) is 0.926. The molecule has 4 saturated carbocycles. The van der Waals surface area contributed by atoms with Gasteiger partial charge in [-0.25, -0.2) is 0 Å². The van der Waals surface area contributed by atoms with Crippen LogP contribution in [0.2, 0.25) is 0 Å². The van der Waals surface area contributed by atoms with E-state index in [1.165, 1.54) is 14.0 Å². The van der Waals surface area contributed by atoms with Crippen molar-refractivity contribution in [3.05, 3.63) is 0 Å².